The molecule has 1 aliphatic carbocycles. The lowest BCUT2D eigenvalue weighted by Crippen LogP contribution is -2.39. The first kappa shape index (κ1) is 24.1. The summed E-state index contributed by atoms with van der Waals surface area (Å²) in [5.74, 6) is 1.83. The second-order valence-electron chi connectivity index (χ2n) is 10.0. The first-order chi connectivity index (χ1) is 17.9. The van der Waals surface area contributed by atoms with Crippen LogP contribution in [0.15, 0.2) is 47.1 Å². The molecule has 4 heterocycles. The van der Waals surface area contributed by atoms with Crippen LogP contribution in [0.1, 0.15) is 61.2 Å². The number of oxazole rings is 1. The molecule has 10 heteroatoms. The van der Waals surface area contributed by atoms with Crippen molar-refractivity contribution in [3.63, 3.8) is 0 Å². The van der Waals surface area contributed by atoms with Crippen LogP contribution in [0.5, 0.6) is 0 Å². The number of carbonyl (C=O) groups is 1. The minimum absolute atomic E-state index is 0.0524. The summed E-state index contributed by atoms with van der Waals surface area (Å²) in [5, 5.41) is 3.58. The first-order valence-corrected chi connectivity index (χ1v) is 13.8. The Labute approximate surface area is 223 Å². The van der Waals surface area contributed by atoms with Gasteiger partial charge >= 0.3 is 0 Å². The SMILES string of the molecule is CC(C)Cc1nc2cnc(-c3nc4ccccc4o3)cc2n1[C@@H]1CCCC(NC(=O)c2ncc(Cl)s2)C1. The van der Waals surface area contributed by atoms with Crippen LogP contribution in [0.3, 0.4) is 0 Å². The van der Waals surface area contributed by atoms with Gasteiger partial charge in [0.1, 0.15) is 26.9 Å². The normalized spacial score (nSPS) is 18.2. The molecule has 1 N–H and O–H groups in total. The summed E-state index contributed by atoms with van der Waals surface area (Å²) in [6.07, 6.45) is 7.98. The van der Waals surface area contributed by atoms with E-state index in [9.17, 15) is 4.79 Å². The van der Waals surface area contributed by atoms with E-state index in [-0.39, 0.29) is 18.0 Å². The molecule has 5 aromatic rings. The Morgan fingerprint density at radius 3 is 2.84 bits per heavy atom. The van der Waals surface area contributed by atoms with Crippen molar-refractivity contribution in [2.24, 2.45) is 5.92 Å². The number of carbonyl (C=O) groups excluding carboxylic acids is 1. The van der Waals surface area contributed by atoms with E-state index in [1.165, 1.54) is 17.5 Å². The maximum absolute atomic E-state index is 12.8. The van der Waals surface area contributed by atoms with E-state index in [1.54, 1.807) is 0 Å². The number of para-hydroxylation sites is 2. The van der Waals surface area contributed by atoms with Crippen molar-refractivity contribution in [1.82, 2.24) is 29.8 Å². The number of pyridine rings is 1. The van der Waals surface area contributed by atoms with Gasteiger partial charge in [-0.2, -0.15) is 0 Å². The summed E-state index contributed by atoms with van der Waals surface area (Å²) >= 11 is 7.18. The number of aromatic nitrogens is 5. The van der Waals surface area contributed by atoms with Gasteiger partial charge in [0.15, 0.2) is 10.6 Å². The molecule has 1 aliphatic rings. The number of fused-ring (bicyclic) bond motifs is 2. The maximum atomic E-state index is 12.8. The first-order valence-electron chi connectivity index (χ1n) is 12.6. The molecule has 4 aromatic heterocycles. The maximum Gasteiger partial charge on any atom is 0.280 e. The molecule has 1 fully saturated rings. The Bertz CT molecular complexity index is 1560. The summed E-state index contributed by atoms with van der Waals surface area (Å²) in [6, 6.07) is 10.0. The van der Waals surface area contributed by atoms with E-state index in [2.05, 4.69) is 38.7 Å². The van der Waals surface area contributed by atoms with E-state index >= 15 is 0 Å². The zero-order chi connectivity index (χ0) is 25.5. The monoisotopic (exact) mass is 534 g/mol. The topological polar surface area (TPSA) is 98.7 Å². The van der Waals surface area contributed by atoms with Crippen LogP contribution < -0.4 is 5.32 Å². The lowest BCUT2D eigenvalue weighted by Gasteiger charge is -2.32. The van der Waals surface area contributed by atoms with Gasteiger partial charge < -0.3 is 14.3 Å². The number of nitrogens with zero attached hydrogens (tertiary/aromatic N) is 5. The highest BCUT2D eigenvalue weighted by atomic mass is 35.5. The predicted molar refractivity (Wildman–Crippen MR) is 145 cm³/mol. The van der Waals surface area contributed by atoms with Gasteiger partial charge in [0.25, 0.3) is 5.91 Å². The van der Waals surface area contributed by atoms with Crippen molar-refractivity contribution in [3.05, 3.63) is 57.9 Å². The zero-order valence-corrected chi connectivity index (χ0v) is 22.2. The van der Waals surface area contributed by atoms with Crippen LogP contribution >= 0.6 is 22.9 Å². The molecule has 0 aliphatic heterocycles. The van der Waals surface area contributed by atoms with E-state index in [1.807, 2.05) is 36.5 Å². The summed E-state index contributed by atoms with van der Waals surface area (Å²) < 4.78 is 8.87. The number of rotatable bonds is 6. The quantitative estimate of drug-likeness (QED) is 0.268. The summed E-state index contributed by atoms with van der Waals surface area (Å²) in [6.45, 7) is 4.41. The number of amides is 1. The van der Waals surface area contributed by atoms with Crippen molar-refractivity contribution < 1.29 is 9.21 Å². The van der Waals surface area contributed by atoms with Crippen LogP contribution in [0.2, 0.25) is 4.34 Å². The van der Waals surface area contributed by atoms with Gasteiger partial charge in [-0.25, -0.2) is 19.9 Å². The van der Waals surface area contributed by atoms with Crippen LogP contribution in [0, 0.1) is 5.92 Å². The molecule has 1 aromatic carbocycles. The lowest BCUT2D eigenvalue weighted by atomic mass is 9.90. The third-order valence-corrected chi connectivity index (χ3v) is 7.88. The van der Waals surface area contributed by atoms with E-state index in [0.717, 1.165) is 60.1 Å². The number of benzene rings is 1. The van der Waals surface area contributed by atoms with Gasteiger partial charge in [-0.1, -0.05) is 48.9 Å². The smallest absolute Gasteiger partial charge is 0.280 e. The van der Waals surface area contributed by atoms with Gasteiger partial charge in [0, 0.05) is 18.5 Å². The standard InChI is InChI=1S/C27H27ClN6O2S/c1-15(2)10-24-32-20-13-29-19(26-33-18-8-3-4-9-22(18)36-26)12-21(20)34(24)17-7-5-6-16(11-17)31-25(35)27-30-14-23(28)37-27/h3-4,8-9,12-17H,5-7,10-11H2,1-2H3,(H,31,35)/t16?,17-/m1/s1. The molecular formula is C27H27ClN6O2S. The van der Waals surface area contributed by atoms with Crippen LogP contribution in [-0.4, -0.2) is 36.5 Å². The van der Waals surface area contributed by atoms with Gasteiger partial charge in [-0.05, 0) is 49.8 Å². The van der Waals surface area contributed by atoms with Crippen molar-refractivity contribution in [2.45, 2.75) is 58.0 Å². The Morgan fingerprint density at radius 1 is 1.19 bits per heavy atom. The molecule has 0 spiro atoms. The lowest BCUT2D eigenvalue weighted by molar-refractivity contribution is 0.0920. The highest BCUT2D eigenvalue weighted by Crippen LogP contribution is 2.35. The minimum atomic E-state index is -0.164. The Hall–Kier alpha value is -3.30. The summed E-state index contributed by atoms with van der Waals surface area (Å²) in [4.78, 5) is 31.1. The van der Waals surface area contributed by atoms with Crippen molar-refractivity contribution in [3.8, 4) is 11.6 Å². The van der Waals surface area contributed by atoms with Crippen molar-refractivity contribution in [2.75, 3.05) is 0 Å². The highest BCUT2D eigenvalue weighted by molar-refractivity contribution is 7.17. The summed E-state index contributed by atoms with van der Waals surface area (Å²) in [5.41, 5.74) is 4.11. The number of imidazole rings is 1. The minimum Gasteiger partial charge on any atom is -0.435 e. The Kier molecular flexibility index (Phi) is 6.42. The van der Waals surface area contributed by atoms with Gasteiger partial charge in [0.2, 0.25) is 5.89 Å². The van der Waals surface area contributed by atoms with Gasteiger partial charge in [-0.3, -0.25) is 4.79 Å². The number of hydrogen-bond acceptors (Lipinski definition) is 7. The number of hydrogen-bond donors (Lipinski definition) is 1. The molecule has 190 valence electrons. The fourth-order valence-electron chi connectivity index (χ4n) is 5.20. The molecule has 2 atom stereocenters. The fourth-order valence-corrected chi connectivity index (χ4v) is 6.02. The number of halogens is 1. The average Bonchev–Trinajstić information content (AvgIpc) is 3.59. The van der Waals surface area contributed by atoms with Gasteiger partial charge in [0.05, 0.1) is 17.9 Å². The van der Waals surface area contributed by atoms with E-state index in [4.69, 9.17) is 21.0 Å². The molecule has 1 amide bonds. The van der Waals surface area contributed by atoms with Crippen LogP contribution in [0.25, 0.3) is 33.7 Å². The molecule has 1 unspecified atom stereocenters. The Balaban J connectivity index is 1.34. The average molecular weight is 535 g/mol. The molecule has 0 bridgehead atoms. The second kappa shape index (κ2) is 9.87. The number of thiazole rings is 1. The molecule has 1 saturated carbocycles. The highest BCUT2D eigenvalue weighted by Gasteiger charge is 2.29. The molecule has 0 saturated heterocycles. The largest absolute Gasteiger partial charge is 0.435 e. The van der Waals surface area contributed by atoms with Crippen molar-refractivity contribution in [1.29, 1.82) is 0 Å². The Morgan fingerprint density at radius 2 is 2.05 bits per heavy atom. The van der Waals surface area contributed by atoms with Crippen molar-refractivity contribution >= 4 is 51.0 Å². The van der Waals surface area contributed by atoms with Crippen LogP contribution in [0.4, 0.5) is 0 Å². The van der Waals surface area contributed by atoms with Crippen LogP contribution in [-0.2, 0) is 6.42 Å². The van der Waals surface area contributed by atoms with Gasteiger partial charge in [-0.15, -0.1) is 0 Å². The van der Waals surface area contributed by atoms with E-state index < -0.39 is 0 Å². The molecule has 0 radical (unpaired) electrons. The number of nitrogens with one attached hydrogen (secondary N) is 1. The predicted octanol–water partition coefficient (Wildman–Crippen LogP) is 6.46. The fraction of sp³-hybridized carbons (Fsp3) is 0.370. The molecule has 8 nitrogen and oxygen atoms in total. The zero-order valence-electron chi connectivity index (χ0n) is 20.6. The summed E-state index contributed by atoms with van der Waals surface area (Å²) in [7, 11) is 0. The third-order valence-electron chi connectivity index (χ3n) is 6.77. The third kappa shape index (κ3) is 4.85. The molecule has 6 rings (SSSR count). The molecule has 37 heavy (non-hydrogen) atoms. The van der Waals surface area contributed by atoms with E-state index in [0.29, 0.717) is 26.8 Å². The molecular weight excluding hydrogens is 508 g/mol. The second-order valence-corrected chi connectivity index (χ2v) is 11.7.